The van der Waals surface area contributed by atoms with Crippen LogP contribution in [0, 0.1) is 5.82 Å². The van der Waals surface area contributed by atoms with E-state index >= 15 is 0 Å². The fourth-order valence-electron chi connectivity index (χ4n) is 0.751. The number of hydrogen-bond acceptors (Lipinski definition) is 0. The summed E-state index contributed by atoms with van der Waals surface area (Å²) in [7, 11) is 2.71. The standard InChI is InChI=1S/C7H3F4Si/c8-6-4(7(9,10)11)2-1-3-5(6)12/h1-3H. The van der Waals surface area contributed by atoms with Crippen molar-refractivity contribution in [2.75, 3.05) is 0 Å². The van der Waals surface area contributed by atoms with Crippen LogP contribution in [0.15, 0.2) is 18.2 Å². The molecule has 0 spiro atoms. The Bertz CT molecular complexity index is 292. The third kappa shape index (κ3) is 1.66. The Balaban J connectivity index is 3.26. The van der Waals surface area contributed by atoms with E-state index in [0.717, 1.165) is 6.07 Å². The maximum Gasteiger partial charge on any atom is 0.419 e. The first kappa shape index (κ1) is 9.25. The molecule has 1 rings (SSSR count). The molecule has 12 heavy (non-hydrogen) atoms. The molecule has 0 N–H and O–H groups in total. The van der Waals surface area contributed by atoms with Gasteiger partial charge in [0, 0.05) is 0 Å². The smallest absolute Gasteiger partial charge is 0.207 e. The minimum absolute atomic E-state index is 0.190. The van der Waals surface area contributed by atoms with E-state index in [4.69, 9.17) is 0 Å². The molecule has 0 aromatic heterocycles. The zero-order chi connectivity index (χ0) is 9.35. The highest BCUT2D eigenvalue weighted by molar-refractivity contribution is 6.32. The molecule has 0 atom stereocenters. The van der Waals surface area contributed by atoms with Gasteiger partial charge in [-0.1, -0.05) is 12.1 Å². The maximum absolute atomic E-state index is 12.7. The van der Waals surface area contributed by atoms with Crippen LogP contribution < -0.4 is 5.19 Å². The van der Waals surface area contributed by atoms with Crippen LogP contribution in [0.3, 0.4) is 0 Å². The minimum Gasteiger partial charge on any atom is -0.207 e. The van der Waals surface area contributed by atoms with Crippen LogP contribution in [0.5, 0.6) is 0 Å². The lowest BCUT2D eigenvalue weighted by Crippen LogP contribution is -2.17. The lowest BCUT2D eigenvalue weighted by atomic mass is 10.2. The van der Waals surface area contributed by atoms with Crippen molar-refractivity contribution in [1.82, 2.24) is 0 Å². The zero-order valence-electron chi connectivity index (χ0n) is 5.74. The van der Waals surface area contributed by atoms with E-state index in [1.165, 1.54) is 6.07 Å². The van der Waals surface area contributed by atoms with Crippen molar-refractivity contribution in [1.29, 1.82) is 0 Å². The van der Waals surface area contributed by atoms with Crippen LogP contribution in [-0.2, 0) is 6.18 Å². The Morgan fingerprint density at radius 1 is 1.17 bits per heavy atom. The Kier molecular flexibility index (Phi) is 2.23. The second-order valence-corrected chi connectivity index (χ2v) is 2.70. The number of halogens is 4. The minimum atomic E-state index is -4.63. The van der Waals surface area contributed by atoms with Crippen molar-refractivity contribution < 1.29 is 17.6 Å². The van der Waals surface area contributed by atoms with Crippen LogP contribution in [0.1, 0.15) is 5.56 Å². The molecule has 1 aromatic rings. The maximum atomic E-state index is 12.7. The average molecular weight is 191 g/mol. The quantitative estimate of drug-likeness (QED) is 0.432. The first-order valence-electron chi connectivity index (χ1n) is 3.00. The monoisotopic (exact) mass is 191 g/mol. The van der Waals surface area contributed by atoms with Crippen LogP contribution >= 0.6 is 0 Å². The molecule has 0 saturated carbocycles. The molecule has 0 aliphatic carbocycles. The molecule has 63 valence electrons. The lowest BCUT2D eigenvalue weighted by Gasteiger charge is -2.08. The van der Waals surface area contributed by atoms with Crippen molar-refractivity contribution in [3.05, 3.63) is 29.6 Å². The predicted molar refractivity (Wildman–Crippen MR) is 36.8 cm³/mol. The van der Waals surface area contributed by atoms with E-state index in [0.29, 0.717) is 6.07 Å². The van der Waals surface area contributed by atoms with Crippen LogP contribution in [0.2, 0.25) is 0 Å². The summed E-state index contributed by atoms with van der Waals surface area (Å²) in [5.74, 6) is -1.28. The van der Waals surface area contributed by atoms with Crippen molar-refractivity contribution in [3.8, 4) is 0 Å². The molecule has 3 radical (unpaired) electrons. The zero-order valence-corrected chi connectivity index (χ0v) is 6.74. The van der Waals surface area contributed by atoms with Gasteiger partial charge in [0.05, 0.1) is 15.8 Å². The lowest BCUT2D eigenvalue weighted by molar-refractivity contribution is -0.139. The summed E-state index contributed by atoms with van der Waals surface area (Å²) in [4.78, 5) is 0. The molecular formula is C7H3F4Si. The molecule has 0 nitrogen and oxygen atoms in total. The SMILES string of the molecule is Fc1c([Si])cccc1C(F)(F)F. The second-order valence-electron chi connectivity index (χ2n) is 2.16. The normalized spacial score (nSPS) is 11.8. The summed E-state index contributed by atoms with van der Waals surface area (Å²) in [6.07, 6.45) is -4.63. The van der Waals surface area contributed by atoms with Gasteiger partial charge in [-0.25, -0.2) is 4.39 Å². The van der Waals surface area contributed by atoms with E-state index in [1.807, 2.05) is 0 Å². The summed E-state index contributed by atoms with van der Waals surface area (Å²) in [6, 6.07) is 3.04. The topological polar surface area (TPSA) is 0 Å². The third-order valence-electron chi connectivity index (χ3n) is 1.30. The van der Waals surface area contributed by atoms with E-state index in [-0.39, 0.29) is 5.19 Å². The van der Waals surface area contributed by atoms with Gasteiger partial charge in [-0.05, 0) is 11.3 Å². The van der Waals surface area contributed by atoms with E-state index in [1.54, 1.807) is 0 Å². The molecule has 0 aliphatic rings. The van der Waals surface area contributed by atoms with Gasteiger partial charge in [0.25, 0.3) is 0 Å². The van der Waals surface area contributed by atoms with E-state index < -0.39 is 17.6 Å². The molecule has 1 aromatic carbocycles. The van der Waals surface area contributed by atoms with Gasteiger partial charge in [0.15, 0.2) is 0 Å². The van der Waals surface area contributed by atoms with Crippen molar-refractivity contribution in [2.45, 2.75) is 6.18 Å². The van der Waals surface area contributed by atoms with Crippen LogP contribution in [0.25, 0.3) is 0 Å². The van der Waals surface area contributed by atoms with Crippen LogP contribution in [-0.4, -0.2) is 10.2 Å². The molecule has 5 heteroatoms. The Morgan fingerprint density at radius 2 is 1.75 bits per heavy atom. The van der Waals surface area contributed by atoms with Gasteiger partial charge in [-0.15, -0.1) is 0 Å². The van der Waals surface area contributed by atoms with Crippen LogP contribution in [0.4, 0.5) is 17.6 Å². The molecule has 0 aliphatic heterocycles. The highest BCUT2D eigenvalue weighted by atomic mass is 28.1. The summed E-state index contributed by atoms with van der Waals surface area (Å²) >= 11 is 0. The van der Waals surface area contributed by atoms with Gasteiger partial charge in [0.2, 0.25) is 0 Å². The molecule has 0 heterocycles. The Labute approximate surface area is 69.6 Å². The summed E-state index contributed by atoms with van der Waals surface area (Å²) in [6.45, 7) is 0. The average Bonchev–Trinajstić information content (AvgIpc) is 1.92. The summed E-state index contributed by atoms with van der Waals surface area (Å²) in [5, 5.41) is -0.190. The van der Waals surface area contributed by atoms with Crippen molar-refractivity contribution in [2.24, 2.45) is 0 Å². The van der Waals surface area contributed by atoms with E-state index in [9.17, 15) is 17.6 Å². The van der Waals surface area contributed by atoms with Gasteiger partial charge < -0.3 is 0 Å². The van der Waals surface area contributed by atoms with Gasteiger partial charge in [0.1, 0.15) is 5.82 Å². The molecule has 0 unspecified atom stereocenters. The molecule has 0 amide bonds. The summed E-state index contributed by atoms with van der Waals surface area (Å²) in [5.41, 5.74) is -1.25. The molecule has 0 bridgehead atoms. The molecular weight excluding hydrogens is 188 g/mol. The largest absolute Gasteiger partial charge is 0.419 e. The van der Waals surface area contributed by atoms with Gasteiger partial charge in [-0.2, -0.15) is 13.2 Å². The second kappa shape index (κ2) is 2.89. The number of rotatable bonds is 0. The van der Waals surface area contributed by atoms with Crippen molar-refractivity contribution in [3.63, 3.8) is 0 Å². The summed E-state index contributed by atoms with van der Waals surface area (Å²) < 4.78 is 48.6. The highest BCUT2D eigenvalue weighted by Crippen LogP contribution is 2.30. The fraction of sp³-hybridized carbons (Fsp3) is 0.143. The molecule has 0 fully saturated rings. The van der Waals surface area contributed by atoms with Crippen molar-refractivity contribution >= 4 is 15.4 Å². The Hall–Kier alpha value is -0.843. The third-order valence-corrected chi connectivity index (χ3v) is 1.69. The number of hydrogen-bond donors (Lipinski definition) is 0. The van der Waals surface area contributed by atoms with E-state index in [2.05, 4.69) is 10.2 Å². The fourth-order valence-corrected chi connectivity index (χ4v) is 0.982. The van der Waals surface area contributed by atoms with Gasteiger partial charge in [-0.3, -0.25) is 0 Å². The highest BCUT2D eigenvalue weighted by Gasteiger charge is 2.34. The predicted octanol–water partition coefficient (Wildman–Crippen LogP) is 1.64. The number of benzene rings is 1. The van der Waals surface area contributed by atoms with Gasteiger partial charge >= 0.3 is 6.18 Å². The molecule has 0 saturated heterocycles. The number of alkyl halides is 3. The first-order valence-corrected chi connectivity index (χ1v) is 3.50. The Morgan fingerprint density at radius 3 is 2.17 bits per heavy atom. The first-order chi connectivity index (χ1) is 5.43.